The van der Waals surface area contributed by atoms with E-state index in [0.717, 1.165) is 12.0 Å². The normalized spacial score (nSPS) is 16.8. The van der Waals surface area contributed by atoms with Crippen LogP contribution in [0, 0.1) is 17.2 Å². The van der Waals surface area contributed by atoms with Crippen LogP contribution in [0.1, 0.15) is 50.1 Å². The fraction of sp³-hybridized carbons (Fsp3) is 0.500. The van der Waals surface area contributed by atoms with E-state index < -0.39 is 0 Å². The van der Waals surface area contributed by atoms with E-state index in [1.54, 1.807) is 0 Å². The molecule has 1 aromatic carbocycles. The summed E-state index contributed by atoms with van der Waals surface area (Å²) < 4.78 is 0. The second-order valence-corrected chi connectivity index (χ2v) is 5.25. The summed E-state index contributed by atoms with van der Waals surface area (Å²) in [6.45, 7) is 0. The van der Waals surface area contributed by atoms with Gasteiger partial charge in [-0.15, -0.1) is 0 Å². The van der Waals surface area contributed by atoms with Crippen LogP contribution < -0.4 is 5.32 Å². The molecule has 3 nitrogen and oxygen atoms in total. The molecule has 1 N–H and O–H groups in total. The first kappa shape index (κ1) is 13.6. The fourth-order valence-corrected chi connectivity index (χ4v) is 2.86. The Morgan fingerprint density at radius 1 is 1.32 bits per heavy atom. The molecule has 0 bridgehead atoms. The number of hydrogen-bond donors (Lipinski definition) is 1. The average molecular weight is 256 g/mol. The SMILES string of the molecule is N#CCC(=O)NC(CC1CCCC1)c1ccccc1. The van der Waals surface area contributed by atoms with E-state index in [1.165, 1.54) is 25.7 Å². The van der Waals surface area contributed by atoms with Crippen LogP contribution in [0.15, 0.2) is 30.3 Å². The number of carbonyl (C=O) groups excluding carboxylic acids is 1. The Labute approximate surface area is 114 Å². The predicted molar refractivity (Wildman–Crippen MR) is 74.1 cm³/mol. The predicted octanol–water partition coefficient (Wildman–Crippen LogP) is 3.34. The van der Waals surface area contributed by atoms with Gasteiger partial charge in [0, 0.05) is 0 Å². The molecule has 0 spiro atoms. The molecule has 1 fully saturated rings. The van der Waals surface area contributed by atoms with Gasteiger partial charge in [0.25, 0.3) is 0 Å². The molecule has 1 unspecified atom stereocenters. The Bertz CT molecular complexity index is 444. The van der Waals surface area contributed by atoms with Gasteiger partial charge in [-0.3, -0.25) is 4.79 Å². The summed E-state index contributed by atoms with van der Waals surface area (Å²) in [6, 6.07) is 12.0. The Hall–Kier alpha value is -1.82. The van der Waals surface area contributed by atoms with Crippen LogP contribution in [-0.2, 0) is 4.79 Å². The van der Waals surface area contributed by atoms with Gasteiger partial charge in [-0.1, -0.05) is 56.0 Å². The molecule has 3 heteroatoms. The molecule has 1 atom stereocenters. The van der Waals surface area contributed by atoms with Crippen molar-refractivity contribution in [3.8, 4) is 6.07 Å². The quantitative estimate of drug-likeness (QED) is 0.878. The van der Waals surface area contributed by atoms with E-state index in [9.17, 15) is 4.79 Å². The summed E-state index contributed by atoms with van der Waals surface area (Å²) in [6.07, 6.45) is 6.06. The lowest BCUT2D eigenvalue weighted by Crippen LogP contribution is -2.29. The van der Waals surface area contributed by atoms with Gasteiger partial charge in [-0.25, -0.2) is 0 Å². The molecule has 1 aliphatic rings. The zero-order chi connectivity index (χ0) is 13.5. The van der Waals surface area contributed by atoms with Crippen LogP contribution in [0.3, 0.4) is 0 Å². The summed E-state index contributed by atoms with van der Waals surface area (Å²) in [5.74, 6) is 0.530. The van der Waals surface area contributed by atoms with Gasteiger partial charge < -0.3 is 5.32 Å². The summed E-state index contributed by atoms with van der Waals surface area (Å²) in [4.78, 5) is 11.7. The summed E-state index contributed by atoms with van der Waals surface area (Å²) in [5.41, 5.74) is 1.14. The standard InChI is InChI=1S/C16H20N2O/c17-11-10-16(19)18-15(12-13-6-4-5-7-13)14-8-2-1-3-9-14/h1-3,8-9,13,15H,4-7,10,12H2,(H,18,19). The number of nitriles is 1. The Balaban J connectivity index is 2.04. The van der Waals surface area contributed by atoms with Gasteiger partial charge in [-0.2, -0.15) is 5.26 Å². The number of benzene rings is 1. The van der Waals surface area contributed by atoms with Gasteiger partial charge in [0.2, 0.25) is 5.91 Å². The number of carbonyl (C=O) groups is 1. The second kappa shape index (κ2) is 6.94. The highest BCUT2D eigenvalue weighted by Crippen LogP contribution is 2.32. The maximum Gasteiger partial charge on any atom is 0.234 e. The van der Waals surface area contributed by atoms with Crippen LogP contribution in [0.4, 0.5) is 0 Å². The first-order valence-corrected chi connectivity index (χ1v) is 7.01. The third kappa shape index (κ3) is 4.10. The molecule has 0 heterocycles. The number of rotatable bonds is 5. The molecule has 0 saturated heterocycles. The lowest BCUT2D eigenvalue weighted by Gasteiger charge is -2.22. The van der Waals surface area contributed by atoms with E-state index in [0.29, 0.717) is 5.92 Å². The monoisotopic (exact) mass is 256 g/mol. The molecule has 1 aromatic rings. The molecule has 1 saturated carbocycles. The van der Waals surface area contributed by atoms with Crippen LogP contribution in [0.2, 0.25) is 0 Å². The van der Waals surface area contributed by atoms with Gasteiger partial charge in [0.15, 0.2) is 0 Å². The lowest BCUT2D eigenvalue weighted by atomic mass is 9.93. The molecule has 100 valence electrons. The molecule has 0 radical (unpaired) electrons. The zero-order valence-corrected chi connectivity index (χ0v) is 11.1. The molecule has 0 aliphatic heterocycles. The van der Waals surface area contributed by atoms with Gasteiger partial charge in [0.1, 0.15) is 6.42 Å². The number of amides is 1. The highest BCUT2D eigenvalue weighted by atomic mass is 16.1. The van der Waals surface area contributed by atoms with Crippen LogP contribution in [0.5, 0.6) is 0 Å². The zero-order valence-electron chi connectivity index (χ0n) is 11.1. The van der Waals surface area contributed by atoms with Crippen molar-refractivity contribution in [2.45, 2.75) is 44.6 Å². The van der Waals surface area contributed by atoms with E-state index in [4.69, 9.17) is 5.26 Å². The first-order valence-electron chi connectivity index (χ1n) is 7.01. The maximum atomic E-state index is 11.7. The lowest BCUT2D eigenvalue weighted by molar-refractivity contribution is -0.121. The Morgan fingerprint density at radius 3 is 2.63 bits per heavy atom. The molecule has 1 amide bonds. The fourth-order valence-electron chi connectivity index (χ4n) is 2.86. The second-order valence-electron chi connectivity index (χ2n) is 5.25. The maximum absolute atomic E-state index is 11.7. The molecular weight excluding hydrogens is 236 g/mol. The number of nitrogens with zero attached hydrogens (tertiary/aromatic N) is 1. The molecule has 19 heavy (non-hydrogen) atoms. The first-order chi connectivity index (χ1) is 9.29. The van der Waals surface area contributed by atoms with Gasteiger partial charge >= 0.3 is 0 Å². The van der Waals surface area contributed by atoms with Gasteiger partial charge in [0.05, 0.1) is 12.1 Å². The summed E-state index contributed by atoms with van der Waals surface area (Å²) >= 11 is 0. The molecule has 0 aromatic heterocycles. The summed E-state index contributed by atoms with van der Waals surface area (Å²) in [5, 5.41) is 11.6. The van der Waals surface area contributed by atoms with Crippen LogP contribution in [0.25, 0.3) is 0 Å². The topological polar surface area (TPSA) is 52.9 Å². The molecular formula is C16H20N2O. The van der Waals surface area contributed by atoms with Crippen molar-refractivity contribution in [2.24, 2.45) is 5.92 Å². The van der Waals surface area contributed by atoms with Crippen LogP contribution >= 0.6 is 0 Å². The van der Waals surface area contributed by atoms with Crippen molar-refractivity contribution < 1.29 is 4.79 Å². The average Bonchev–Trinajstić information content (AvgIpc) is 2.92. The van der Waals surface area contributed by atoms with E-state index in [-0.39, 0.29) is 18.4 Å². The Kier molecular flexibility index (Phi) is 4.97. The smallest absolute Gasteiger partial charge is 0.234 e. The van der Waals surface area contributed by atoms with E-state index >= 15 is 0 Å². The Morgan fingerprint density at radius 2 is 2.00 bits per heavy atom. The molecule has 1 aliphatic carbocycles. The van der Waals surface area contributed by atoms with E-state index in [2.05, 4.69) is 5.32 Å². The third-order valence-electron chi connectivity index (χ3n) is 3.82. The third-order valence-corrected chi connectivity index (χ3v) is 3.82. The number of nitrogens with one attached hydrogen (secondary N) is 1. The molecule has 2 rings (SSSR count). The largest absolute Gasteiger partial charge is 0.348 e. The van der Waals surface area contributed by atoms with Crippen molar-refractivity contribution in [2.75, 3.05) is 0 Å². The van der Waals surface area contributed by atoms with Crippen LogP contribution in [-0.4, -0.2) is 5.91 Å². The van der Waals surface area contributed by atoms with E-state index in [1.807, 2.05) is 36.4 Å². The van der Waals surface area contributed by atoms with Gasteiger partial charge in [-0.05, 0) is 17.9 Å². The highest BCUT2D eigenvalue weighted by molar-refractivity contribution is 5.78. The summed E-state index contributed by atoms with van der Waals surface area (Å²) in [7, 11) is 0. The van der Waals surface area contributed by atoms with Crippen molar-refractivity contribution in [1.82, 2.24) is 5.32 Å². The highest BCUT2D eigenvalue weighted by Gasteiger charge is 2.22. The minimum absolute atomic E-state index is 0.0464. The minimum atomic E-state index is -0.172. The number of hydrogen-bond acceptors (Lipinski definition) is 2. The van der Waals surface area contributed by atoms with Crippen molar-refractivity contribution in [1.29, 1.82) is 5.26 Å². The van der Waals surface area contributed by atoms with Crippen molar-refractivity contribution in [3.63, 3.8) is 0 Å². The minimum Gasteiger partial charge on any atom is -0.348 e. The van der Waals surface area contributed by atoms with Crippen molar-refractivity contribution in [3.05, 3.63) is 35.9 Å². The van der Waals surface area contributed by atoms with Crippen molar-refractivity contribution >= 4 is 5.91 Å².